The fourth-order valence-corrected chi connectivity index (χ4v) is 3.94. The molecule has 2 rings (SSSR count). The molecule has 1 saturated heterocycles. The van der Waals surface area contributed by atoms with Crippen LogP contribution in [-0.2, 0) is 0 Å². The summed E-state index contributed by atoms with van der Waals surface area (Å²) in [5.41, 5.74) is 5.83. The van der Waals surface area contributed by atoms with Gasteiger partial charge in [-0.25, -0.2) is 0 Å². The van der Waals surface area contributed by atoms with E-state index in [0.29, 0.717) is 5.92 Å². The van der Waals surface area contributed by atoms with E-state index >= 15 is 0 Å². The van der Waals surface area contributed by atoms with Crippen molar-refractivity contribution in [2.45, 2.75) is 18.1 Å². The van der Waals surface area contributed by atoms with Crippen molar-refractivity contribution in [2.75, 3.05) is 23.8 Å². The lowest BCUT2D eigenvalue weighted by molar-refractivity contribution is 0.939. The zero-order valence-corrected chi connectivity index (χ0v) is 9.37. The maximum Gasteiger partial charge on any atom is 0.0968 e. The molecule has 1 aliphatic carbocycles. The monoisotopic (exact) mass is 216 g/mol. The summed E-state index contributed by atoms with van der Waals surface area (Å²) in [6, 6.07) is 0. The highest BCUT2D eigenvalue weighted by atomic mass is 32.2. The van der Waals surface area contributed by atoms with E-state index in [0.717, 1.165) is 17.6 Å². The Labute approximate surface area is 88.1 Å². The van der Waals surface area contributed by atoms with Crippen LogP contribution in [0.25, 0.3) is 0 Å². The molecule has 13 heavy (non-hydrogen) atoms. The number of rotatable bonds is 3. The van der Waals surface area contributed by atoms with Gasteiger partial charge in [0.1, 0.15) is 0 Å². The molecule has 2 fully saturated rings. The Kier molecular flexibility index (Phi) is 3.44. The summed E-state index contributed by atoms with van der Waals surface area (Å²) in [7, 11) is 0. The van der Waals surface area contributed by atoms with Gasteiger partial charge in [-0.2, -0.15) is 23.5 Å². The fraction of sp³-hybridized carbons (Fsp3) is 0.889. The first-order valence-electron chi connectivity index (χ1n) is 4.85. The van der Waals surface area contributed by atoms with Gasteiger partial charge in [0, 0.05) is 28.4 Å². The van der Waals surface area contributed by atoms with E-state index in [4.69, 9.17) is 5.73 Å². The second kappa shape index (κ2) is 4.60. The molecular formula is C9H16N2S2. The van der Waals surface area contributed by atoms with Crippen molar-refractivity contribution < 1.29 is 0 Å². The molecule has 0 spiro atoms. The lowest BCUT2D eigenvalue weighted by Gasteiger charge is -2.18. The summed E-state index contributed by atoms with van der Waals surface area (Å²) in [6.07, 6.45) is 2.53. The Morgan fingerprint density at radius 3 is 2.85 bits per heavy atom. The van der Waals surface area contributed by atoms with Crippen molar-refractivity contribution in [3.05, 3.63) is 0 Å². The molecule has 0 bridgehead atoms. The molecule has 0 amide bonds. The van der Waals surface area contributed by atoms with Crippen LogP contribution < -0.4 is 5.73 Å². The van der Waals surface area contributed by atoms with E-state index in [1.807, 2.05) is 11.8 Å². The predicted octanol–water partition coefficient (Wildman–Crippen LogP) is 1.60. The molecule has 4 heteroatoms. The van der Waals surface area contributed by atoms with Crippen molar-refractivity contribution in [1.29, 1.82) is 0 Å². The molecule has 1 saturated carbocycles. The second-order valence-corrected chi connectivity index (χ2v) is 6.17. The van der Waals surface area contributed by atoms with Gasteiger partial charge in [-0.05, 0) is 12.8 Å². The lowest BCUT2D eigenvalue weighted by Crippen LogP contribution is -2.21. The van der Waals surface area contributed by atoms with Crippen molar-refractivity contribution in [3.63, 3.8) is 0 Å². The summed E-state index contributed by atoms with van der Waals surface area (Å²) >= 11 is 4.10. The number of aliphatic imine (C=N–C) groups is 1. The van der Waals surface area contributed by atoms with Crippen molar-refractivity contribution in [2.24, 2.45) is 16.6 Å². The van der Waals surface area contributed by atoms with Gasteiger partial charge in [0.2, 0.25) is 0 Å². The molecule has 2 aliphatic rings. The van der Waals surface area contributed by atoms with Crippen LogP contribution in [-0.4, -0.2) is 34.9 Å². The minimum absolute atomic E-state index is 0.640. The van der Waals surface area contributed by atoms with E-state index in [9.17, 15) is 0 Å². The summed E-state index contributed by atoms with van der Waals surface area (Å²) in [4.78, 5) is 4.47. The Balaban J connectivity index is 1.73. The molecule has 1 heterocycles. The Morgan fingerprint density at radius 1 is 1.38 bits per heavy atom. The van der Waals surface area contributed by atoms with E-state index in [2.05, 4.69) is 16.8 Å². The lowest BCUT2D eigenvalue weighted by atomic mass is 10.4. The second-order valence-electron chi connectivity index (χ2n) is 3.61. The predicted molar refractivity (Wildman–Crippen MR) is 62.8 cm³/mol. The van der Waals surface area contributed by atoms with Gasteiger partial charge in [0.25, 0.3) is 0 Å². The number of amidine groups is 1. The first kappa shape index (κ1) is 9.71. The summed E-state index contributed by atoms with van der Waals surface area (Å²) < 4.78 is 0. The zero-order valence-electron chi connectivity index (χ0n) is 7.74. The van der Waals surface area contributed by atoms with Crippen molar-refractivity contribution >= 4 is 29.4 Å². The third-order valence-electron chi connectivity index (χ3n) is 2.36. The summed E-state index contributed by atoms with van der Waals surface area (Å²) in [5, 5.41) is 0.719. The number of nitrogens with zero attached hydrogens (tertiary/aromatic N) is 1. The maximum atomic E-state index is 5.83. The third kappa shape index (κ3) is 3.09. The van der Waals surface area contributed by atoms with Crippen LogP contribution in [0.3, 0.4) is 0 Å². The first-order chi connectivity index (χ1) is 6.36. The zero-order chi connectivity index (χ0) is 9.10. The molecule has 2 nitrogen and oxygen atoms in total. The molecule has 2 N–H and O–H groups in total. The highest BCUT2D eigenvalue weighted by Gasteiger charge is 2.25. The molecular weight excluding hydrogens is 200 g/mol. The van der Waals surface area contributed by atoms with E-state index in [1.54, 1.807) is 0 Å². The van der Waals surface area contributed by atoms with Crippen molar-refractivity contribution in [1.82, 2.24) is 0 Å². The first-order valence-corrected chi connectivity index (χ1v) is 7.06. The fourth-order valence-electron chi connectivity index (χ4n) is 1.36. The minimum Gasteiger partial charge on any atom is -0.387 e. The SMILES string of the molecule is NC(=NCC1CSCCS1)C1CC1. The number of hydrogen-bond acceptors (Lipinski definition) is 3. The topological polar surface area (TPSA) is 38.4 Å². The average molecular weight is 216 g/mol. The molecule has 0 aromatic carbocycles. The Bertz CT molecular complexity index is 196. The molecule has 1 atom stereocenters. The third-order valence-corrected chi connectivity index (χ3v) is 5.19. The summed E-state index contributed by atoms with van der Waals surface area (Å²) in [6.45, 7) is 0.944. The van der Waals surface area contributed by atoms with Gasteiger partial charge >= 0.3 is 0 Å². The number of thioether (sulfide) groups is 2. The van der Waals surface area contributed by atoms with Gasteiger partial charge in [0.15, 0.2) is 0 Å². The van der Waals surface area contributed by atoms with E-state index in [1.165, 1.54) is 30.1 Å². The molecule has 0 radical (unpaired) electrons. The smallest absolute Gasteiger partial charge is 0.0968 e. The highest BCUT2D eigenvalue weighted by Crippen LogP contribution is 2.29. The standard InChI is InChI=1S/C9H16N2S2/c10-9(7-1-2-7)11-5-8-6-12-3-4-13-8/h7-8H,1-6H2,(H2,10,11). The molecule has 1 aliphatic heterocycles. The minimum atomic E-state index is 0.640. The van der Waals surface area contributed by atoms with Crippen LogP contribution in [0.5, 0.6) is 0 Å². The van der Waals surface area contributed by atoms with Crippen LogP contribution in [0.2, 0.25) is 0 Å². The van der Waals surface area contributed by atoms with Crippen molar-refractivity contribution in [3.8, 4) is 0 Å². The van der Waals surface area contributed by atoms with Gasteiger partial charge in [-0.15, -0.1) is 0 Å². The quantitative estimate of drug-likeness (QED) is 0.575. The Morgan fingerprint density at radius 2 is 2.23 bits per heavy atom. The van der Waals surface area contributed by atoms with Crippen LogP contribution in [0, 0.1) is 5.92 Å². The van der Waals surface area contributed by atoms with Crippen LogP contribution in [0.1, 0.15) is 12.8 Å². The molecule has 74 valence electrons. The largest absolute Gasteiger partial charge is 0.387 e. The van der Waals surface area contributed by atoms with Crippen LogP contribution >= 0.6 is 23.5 Å². The van der Waals surface area contributed by atoms with Gasteiger partial charge in [-0.1, -0.05) is 0 Å². The average Bonchev–Trinajstić information content (AvgIpc) is 2.99. The molecule has 0 aromatic rings. The van der Waals surface area contributed by atoms with E-state index < -0.39 is 0 Å². The van der Waals surface area contributed by atoms with Gasteiger partial charge in [0.05, 0.1) is 12.4 Å². The molecule has 1 unspecified atom stereocenters. The number of nitrogens with two attached hydrogens (primary N) is 1. The highest BCUT2D eigenvalue weighted by molar-refractivity contribution is 8.06. The van der Waals surface area contributed by atoms with E-state index in [-0.39, 0.29) is 0 Å². The van der Waals surface area contributed by atoms with Crippen LogP contribution in [0.4, 0.5) is 0 Å². The van der Waals surface area contributed by atoms with Crippen LogP contribution in [0.15, 0.2) is 4.99 Å². The van der Waals surface area contributed by atoms with Gasteiger partial charge in [-0.3, -0.25) is 4.99 Å². The summed E-state index contributed by atoms with van der Waals surface area (Å²) in [5.74, 6) is 5.40. The Hall–Kier alpha value is 0.170. The number of hydrogen-bond donors (Lipinski definition) is 1. The van der Waals surface area contributed by atoms with Gasteiger partial charge < -0.3 is 5.73 Å². The maximum absolute atomic E-state index is 5.83. The normalized spacial score (nSPS) is 30.5. The molecule has 0 aromatic heterocycles.